The quantitative estimate of drug-likeness (QED) is 0.801. The van der Waals surface area contributed by atoms with Gasteiger partial charge >= 0.3 is 0 Å². The molecule has 2 saturated heterocycles. The number of hydrogen-bond donors (Lipinski definition) is 1. The normalized spacial score (nSPS) is 19.7. The minimum Gasteiger partial charge on any atom is -0.356 e. The van der Waals surface area contributed by atoms with Crippen LogP contribution in [-0.2, 0) is 4.79 Å². The molecular formula is C16H16BrN3O2S2. The van der Waals surface area contributed by atoms with Crippen molar-refractivity contribution in [1.29, 1.82) is 0 Å². The van der Waals surface area contributed by atoms with Crippen LogP contribution in [0.25, 0.3) is 9.88 Å². The van der Waals surface area contributed by atoms with Crippen LogP contribution in [-0.4, -0.2) is 41.3 Å². The molecule has 0 radical (unpaired) electrons. The molecule has 0 bridgehead atoms. The van der Waals surface area contributed by atoms with Crippen molar-refractivity contribution >= 4 is 50.4 Å². The molecule has 0 aliphatic carbocycles. The molecule has 0 unspecified atom stereocenters. The Labute approximate surface area is 156 Å². The summed E-state index contributed by atoms with van der Waals surface area (Å²) < 4.78 is 1.06. The summed E-state index contributed by atoms with van der Waals surface area (Å²) in [7, 11) is 0. The Bertz CT molecular complexity index is 793. The molecule has 2 aliphatic heterocycles. The summed E-state index contributed by atoms with van der Waals surface area (Å²) in [6.45, 7) is 2.15. The predicted molar refractivity (Wildman–Crippen MR) is 98.3 cm³/mol. The van der Waals surface area contributed by atoms with Crippen molar-refractivity contribution in [1.82, 2.24) is 15.2 Å². The third-order valence-electron chi connectivity index (χ3n) is 4.81. The molecule has 2 aromatic rings. The highest BCUT2D eigenvalue weighted by molar-refractivity contribution is 9.11. The maximum atomic E-state index is 12.7. The molecule has 0 aromatic carbocycles. The Balaban J connectivity index is 1.43. The molecule has 0 atom stereocenters. The highest BCUT2D eigenvalue weighted by Crippen LogP contribution is 2.38. The summed E-state index contributed by atoms with van der Waals surface area (Å²) in [5.74, 6) is 0.140. The monoisotopic (exact) mass is 425 g/mol. The van der Waals surface area contributed by atoms with Gasteiger partial charge in [-0.25, -0.2) is 4.98 Å². The van der Waals surface area contributed by atoms with Gasteiger partial charge in [0.25, 0.3) is 5.91 Å². The molecule has 24 heavy (non-hydrogen) atoms. The van der Waals surface area contributed by atoms with Crippen molar-refractivity contribution in [2.75, 3.05) is 19.6 Å². The third kappa shape index (κ3) is 3.02. The molecule has 4 rings (SSSR count). The van der Waals surface area contributed by atoms with E-state index in [1.807, 2.05) is 22.4 Å². The van der Waals surface area contributed by atoms with E-state index in [2.05, 4.69) is 26.2 Å². The van der Waals surface area contributed by atoms with E-state index < -0.39 is 0 Å². The van der Waals surface area contributed by atoms with Crippen LogP contribution in [0.15, 0.2) is 21.3 Å². The minimum absolute atomic E-state index is 0.000236. The number of piperidine rings is 1. The minimum atomic E-state index is 0.000236. The van der Waals surface area contributed by atoms with Gasteiger partial charge in [-0.05, 0) is 46.3 Å². The van der Waals surface area contributed by atoms with Gasteiger partial charge in [0.15, 0.2) is 0 Å². The molecule has 2 aliphatic rings. The number of halogens is 1. The summed E-state index contributed by atoms with van der Waals surface area (Å²) in [5, 5.41) is 5.65. The molecule has 0 saturated carbocycles. The predicted octanol–water partition coefficient (Wildman–Crippen LogP) is 3.38. The van der Waals surface area contributed by atoms with Crippen molar-refractivity contribution in [2.45, 2.75) is 19.3 Å². The Kier molecular flexibility index (Phi) is 4.22. The maximum absolute atomic E-state index is 12.7. The van der Waals surface area contributed by atoms with Crippen molar-refractivity contribution in [3.8, 4) is 9.88 Å². The molecular weight excluding hydrogens is 410 g/mol. The van der Waals surface area contributed by atoms with Gasteiger partial charge in [0.05, 0.1) is 8.66 Å². The lowest BCUT2D eigenvalue weighted by molar-refractivity contribution is -0.119. The highest BCUT2D eigenvalue weighted by Gasteiger charge is 2.41. The summed E-state index contributed by atoms with van der Waals surface area (Å²) in [6, 6.07) is 4.00. The maximum Gasteiger partial charge on any atom is 0.273 e. The van der Waals surface area contributed by atoms with Gasteiger partial charge < -0.3 is 10.2 Å². The van der Waals surface area contributed by atoms with Gasteiger partial charge in [-0.2, -0.15) is 0 Å². The first-order valence-electron chi connectivity index (χ1n) is 7.82. The average Bonchev–Trinajstić information content (AvgIpc) is 3.28. The van der Waals surface area contributed by atoms with E-state index in [-0.39, 0.29) is 17.2 Å². The summed E-state index contributed by atoms with van der Waals surface area (Å²) in [6.07, 6.45) is 2.36. The first kappa shape index (κ1) is 16.2. The Morgan fingerprint density at radius 2 is 2.12 bits per heavy atom. The average molecular weight is 426 g/mol. The number of likely N-dealkylation sites (tertiary alicyclic amines) is 1. The summed E-state index contributed by atoms with van der Waals surface area (Å²) in [4.78, 5) is 31.7. The molecule has 126 valence electrons. The van der Waals surface area contributed by atoms with Crippen LogP contribution in [0, 0.1) is 5.41 Å². The fourth-order valence-electron chi connectivity index (χ4n) is 3.37. The van der Waals surface area contributed by atoms with E-state index in [4.69, 9.17) is 0 Å². The van der Waals surface area contributed by atoms with Crippen LogP contribution in [0.1, 0.15) is 29.8 Å². The van der Waals surface area contributed by atoms with Gasteiger partial charge in [0, 0.05) is 31.4 Å². The second-order valence-corrected chi connectivity index (χ2v) is 9.71. The fourth-order valence-corrected chi connectivity index (χ4v) is 5.62. The molecule has 2 aromatic heterocycles. The van der Waals surface area contributed by atoms with Crippen molar-refractivity contribution in [3.63, 3.8) is 0 Å². The van der Waals surface area contributed by atoms with Crippen molar-refractivity contribution in [3.05, 3.63) is 27.0 Å². The number of aromatic nitrogens is 1. The Morgan fingerprint density at radius 1 is 1.33 bits per heavy atom. The number of nitrogens with zero attached hydrogens (tertiary/aromatic N) is 2. The number of carbonyl (C=O) groups is 2. The van der Waals surface area contributed by atoms with Crippen LogP contribution >= 0.6 is 38.6 Å². The lowest BCUT2D eigenvalue weighted by atomic mass is 9.77. The lowest BCUT2D eigenvalue weighted by Crippen LogP contribution is -2.44. The van der Waals surface area contributed by atoms with E-state index in [1.165, 1.54) is 11.3 Å². The zero-order valence-corrected chi connectivity index (χ0v) is 16.1. The van der Waals surface area contributed by atoms with Gasteiger partial charge in [0.1, 0.15) is 10.7 Å². The summed E-state index contributed by atoms with van der Waals surface area (Å²) in [5.41, 5.74) is 0.584. The molecule has 1 spiro atoms. The fraction of sp³-hybridized carbons (Fsp3) is 0.438. The van der Waals surface area contributed by atoms with Crippen LogP contribution in [0.3, 0.4) is 0 Å². The molecule has 2 fully saturated rings. The molecule has 4 heterocycles. The van der Waals surface area contributed by atoms with E-state index in [1.54, 1.807) is 11.3 Å². The number of carbonyl (C=O) groups excluding carboxylic acids is 2. The zero-order chi connectivity index (χ0) is 16.7. The smallest absolute Gasteiger partial charge is 0.273 e. The zero-order valence-electron chi connectivity index (χ0n) is 12.9. The number of nitrogens with one attached hydrogen (secondary N) is 1. The first-order valence-corrected chi connectivity index (χ1v) is 10.3. The van der Waals surface area contributed by atoms with Gasteiger partial charge in [0.2, 0.25) is 5.91 Å². The number of rotatable bonds is 2. The van der Waals surface area contributed by atoms with Crippen molar-refractivity contribution < 1.29 is 9.59 Å². The van der Waals surface area contributed by atoms with E-state index in [0.717, 1.165) is 33.1 Å². The molecule has 2 amide bonds. The van der Waals surface area contributed by atoms with Gasteiger partial charge in [-0.3, -0.25) is 9.59 Å². The third-order valence-corrected chi connectivity index (χ3v) is 7.45. The number of hydrogen-bond acceptors (Lipinski definition) is 5. The Morgan fingerprint density at radius 3 is 2.75 bits per heavy atom. The number of amides is 2. The van der Waals surface area contributed by atoms with Gasteiger partial charge in [-0.1, -0.05) is 0 Å². The number of thiazole rings is 1. The van der Waals surface area contributed by atoms with Crippen LogP contribution in [0.4, 0.5) is 0 Å². The van der Waals surface area contributed by atoms with Gasteiger partial charge in [-0.15, -0.1) is 22.7 Å². The molecule has 8 heteroatoms. The molecule has 1 N–H and O–H groups in total. The van der Waals surface area contributed by atoms with Crippen LogP contribution in [0.5, 0.6) is 0 Å². The SMILES string of the molecule is O=C1CC2(CCN(C(=O)c3csc(-c4ccc(Br)s4)n3)CC2)CN1. The topological polar surface area (TPSA) is 62.3 Å². The lowest BCUT2D eigenvalue weighted by Gasteiger charge is -2.37. The second-order valence-electron chi connectivity index (χ2n) is 6.39. The van der Waals surface area contributed by atoms with E-state index in [9.17, 15) is 9.59 Å². The van der Waals surface area contributed by atoms with E-state index >= 15 is 0 Å². The van der Waals surface area contributed by atoms with E-state index in [0.29, 0.717) is 25.2 Å². The number of thiophene rings is 1. The second kappa shape index (κ2) is 6.24. The standard InChI is InChI=1S/C16H16BrN3O2S2/c17-12-2-1-11(24-12)14-19-10(8-23-14)15(22)20-5-3-16(4-6-20)7-13(21)18-9-16/h1-2,8H,3-7,9H2,(H,18,21). The largest absolute Gasteiger partial charge is 0.356 e. The van der Waals surface area contributed by atoms with Crippen LogP contribution < -0.4 is 5.32 Å². The molecule has 5 nitrogen and oxygen atoms in total. The summed E-state index contributed by atoms with van der Waals surface area (Å²) >= 11 is 6.57. The highest BCUT2D eigenvalue weighted by atomic mass is 79.9. The van der Waals surface area contributed by atoms with Crippen molar-refractivity contribution in [2.24, 2.45) is 5.41 Å². The van der Waals surface area contributed by atoms with Crippen LogP contribution in [0.2, 0.25) is 0 Å². The Hall–Kier alpha value is -1.25. The first-order chi connectivity index (χ1) is 11.5.